The van der Waals surface area contributed by atoms with Gasteiger partial charge in [0, 0.05) is 12.7 Å². The van der Waals surface area contributed by atoms with Crippen LogP contribution >= 0.6 is 0 Å². The maximum Gasteiger partial charge on any atom is 0.306 e. The van der Waals surface area contributed by atoms with E-state index in [1.807, 2.05) is 6.07 Å². The van der Waals surface area contributed by atoms with E-state index in [4.69, 9.17) is 10.4 Å². The summed E-state index contributed by atoms with van der Waals surface area (Å²) in [7, 11) is 0. The van der Waals surface area contributed by atoms with Crippen molar-refractivity contribution in [1.82, 2.24) is 4.98 Å². The molecule has 0 saturated heterocycles. The minimum atomic E-state index is -0.710. The van der Waals surface area contributed by atoms with Gasteiger partial charge in [-0.25, -0.2) is 4.98 Å². The number of rotatable bonds is 4. The van der Waals surface area contributed by atoms with Crippen LogP contribution < -0.4 is 5.32 Å². The zero-order valence-electron chi connectivity index (χ0n) is 9.97. The van der Waals surface area contributed by atoms with Gasteiger partial charge in [0.15, 0.2) is 0 Å². The zero-order valence-corrected chi connectivity index (χ0v) is 9.97. The van der Waals surface area contributed by atoms with Crippen molar-refractivity contribution < 1.29 is 9.90 Å². The molecule has 1 aliphatic carbocycles. The Balaban J connectivity index is 1.95. The van der Waals surface area contributed by atoms with Gasteiger partial charge in [-0.05, 0) is 30.9 Å². The van der Waals surface area contributed by atoms with E-state index in [2.05, 4.69) is 10.3 Å². The van der Waals surface area contributed by atoms with Gasteiger partial charge in [0.2, 0.25) is 0 Å². The van der Waals surface area contributed by atoms with Crippen LogP contribution in [-0.4, -0.2) is 22.6 Å². The molecule has 0 amide bonds. The summed E-state index contributed by atoms with van der Waals surface area (Å²) in [5.41, 5.74) is 0.550. The van der Waals surface area contributed by atoms with Gasteiger partial charge in [-0.2, -0.15) is 5.26 Å². The molecule has 5 heteroatoms. The summed E-state index contributed by atoms with van der Waals surface area (Å²) in [5.74, 6) is -0.185. The zero-order chi connectivity index (χ0) is 13.0. The lowest BCUT2D eigenvalue weighted by atomic mass is 9.96. The molecule has 0 radical (unpaired) electrons. The van der Waals surface area contributed by atoms with Crippen LogP contribution in [-0.2, 0) is 4.79 Å². The topological polar surface area (TPSA) is 86.0 Å². The molecular weight excluding hydrogens is 230 g/mol. The van der Waals surface area contributed by atoms with Crippen LogP contribution in [0.15, 0.2) is 18.3 Å². The molecule has 2 rings (SSSR count). The molecule has 1 fully saturated rings. The lowest BCUT2D eigenvalue weighted by Crippen LogP contribution is -2.24. The van der Waals surface area contributed by atoms with Crippen LogP contribution in [0.3, 0.4) is 0 Å². The Morgan fingerprint density at radius 3 is 3.17 bits per heavy atom. The molecule has 1 heterocycles. The Kier molecular flexibility index (Phi) is 3.78. The highest BCUT2D eigenvalue weighted by Gasteiger charge is 2.32. The van der Waals surface area contributed by atoms with E-state index in [0.29, 0.717) is 17.9 Å². The van der Waals surface area contributed by atoms with Gasteiger partial charge >= 0.3 is 5.97 Å². The average Bonchev–Trinajstić information content (AvgIpc) is 2.85. The van der Waals surface area contributed by atoms with Crippen LogP contribution in [0.25, 0.3) is 0 Å². The number of carbonyl (C=O) groups is 1. The van der Waals surface area contributed by atoms with Gasteiger partial charge in [-0.1, -0.05) is 6.42 Å². The molecule has 2 unspecified atom stereocenters. The molecule has 0 aromatic carbocycles. The van der Waals surface area contributed by atoms with Crippen molar-refractivity contribution in [2.45, 2.75) is 19.3 Å². The third-order valence-electron chi connectivity index (χ3n) is 3.41. The van der Waals surface area contributed by atoms with E-state index >= 15 is 0 Å². The van der Waals surface area contributed by atoms with Crippen LogP contribution in [0.1, 0.15) is 24.8 Å². The van der Waals surface area contributed by atoms with Gasteiger partial charge in [0.05, 0.1) is 17.6 Å². The third kappa shape index (κ3) is 2.77. The molecule has 1 aromatic heterocycles. The predicted octanol–water partition coefficient (Wildman–Crippen LogP) is 1.87. The maximum atomic E-state index is 11.0. The number of hydrogen-bond acceptors (Lipinski definition) is 4. The molecule has 0 bridgehead atoms. The van der Waals surface area contributed by atoms with Crippen molar-refractivity contribution in [1.29, 1.82) is 5.26 Å². The second-order valence-corrected chi connectivity index (χ2v) is 4.56. The number of nitriles is 1. The first kappa shape index (κ1) is 12.4. The Morgan fingerprint density at radius 2 is 2.44 bits per heavy atom. The number of aromatic nitrogens is 1. The molecule has 2 N–H and O–H groups in total. The number of carboxylic acid groups (broad SMARTS) is 1. The first-order valence-electron chi connectivity index (χ1n) is 6.03. The Morgan fingerprint density at radius 1 is 1.61 bits per heavy atom. The van der Waals surface area contributed by atoms with Crippen molar-refractivity contribution in [3.8, 4) is 6.07 Å². The number of pyridine rings is 1. The predicted molar refractivity (Wildman–Crippen MR) is 65.9 cm³/mol. The molecule has 1 aliphatic rings. The van der Waals surface area contributed by atoms with E-state index < -0.39 is 5.97 Å². The second-order valence-electron chi connectivity index (χ2n) is 4.56. The fraction of sp³-hybridized carbons (Fsp3) is 0.462. The van der Waals surface area contributed by atoms with Crippen molar-refractivity contribution in [2.75, 3.05) is 11.9 Å². The largest absolute Gasteiger partial charge is 0.481 e. The van der Waals surface area contributed by atoms with Crippen LogP contribution in [0, 0.1) is 23.2 Å². The maximum absolute atomic E-state index is 11.0. The lowest BCUT2D eigenvalue weighted by Gasteiger charge is -2.16. The molecule has 0 aliphatic heterocycles. The fourth-order valence-corrected chi connectivity index (χ4v) is 2.44. The molecule has 1 aromatic rings. The quantitative estimate of drug-likeness (QED) is 0.845. The molecular formula is C13H15N3O2. The highest BCUT2D eigenvalue weighted by Crippen LogP contribution is 2.31. The summed E-state index contributed by atoms with van der Waals surface area (Å²) in [5, 5.41) is 21.0. The van der Waals surface area contributed by atoms with Crippen molar-refractivity contribution in [3.05, 3.63) is 23.9 Å². The molecule has 5 nitrogen and oxygen atoms in total. The van der Waals surface area contributed by atoms with Crippen LogP contribution in [0.4, 0.5) is 5.82 Å². The first-order chi connectivity index (χ1) is 8.70. The van der Waals surface area contributed by atoms with Gasteiger partial charge < -0.3 is 10.4 Å². The van der Waals surface area contributed by atoms with E-state index in [9.17, 15) is 4.79 Å². The third-order valence-corrected chi connectivity index (χ3v) is 3.41. The lowest BCUT2D eigenvalue weighted by molar-refractivity contribution is -0.142. The minimum Gasteiger partial charge on any atom is -0.481 e. The molecule has 2 atom stereocenters. The van der Waals surface area contributed by atoms with Gasteiger partial charge in [-0.15, -0.1) is 0 Å². The molecule has 94 valence electrons. The Bertz CT molecular complexity index is 481. The van der Waals surface area contributed by atoms with E-state index in [-0.39, 0.29) is 11.8 Å². The summed E-state index contributed by atoms with van der Waals surface area (Å²) in [6, 6.07) is 5.36. The Hall–Kier alpha value is -2.09. The second kappa shape index (κ2) is 5.50. The van der Waals surface area contributed by atoms with Gasteiger partial charge in [-0.3, -0.25) is 4.79 Å². The van der Waals surface area contributed by atoms with E-state index in [0.717, 1.165) is 19.3 Å². The van der Waals surface area contributed by atoms with Gasteiger partial charge in [0.25, 0.3) is 0 Å². The normalized spacial score (nSPS) is 22.4. The van der Waals surface area contributed by atoms with Crippen LogP contribution in [0.2, 0.25) is 0 Å². The number of nitrogens with one attached hydrogen (secondary N) is 1. The standard InChI is InChI=1S/C13H15N3O2/c14-7-9-4-5-15-12(6-9)16-8-10-2-1-3-11(10)13(17)18/h4-6,10-11H,1-3,8H2,(H,15,16)(H,17,18). The summed E-state index contributed by atoms with van der Waals surface area (Å²) >= 11 is 0. The number of hydrogen-bond donors (Lipinski definition) is 2. The molecule has 1 saturated carbocycles. The fourth-order valence-electron chi connectivity index (χ4n) is 2.44. The summed E-state index contributed by atoms with van der Waals surface area (Å²) in [6.45, 7) is 0.596. The highest BCUT2D eigenvalue weighted by molar-refractivity contribution is 5.70. The summed E-state index contributed by atoms with van der Waals surface area (Å²) < 4.78 is 0. The SMILES string of the molecule is N#Cc1ccnc(NCC2CCCC2C(=O)O)c1. The smallest absolute Gasteiger partial charge is 0.306 e. The van der Waals surface area contributed by atoms with E-state index in [1.54, 1.807) is 18.3 Å². The van der Waals surface area contributed by atoms with Crippen molar-refractivity contribution >= 4 is 11.8 Å². The number of carboxylic acids is 1. The number of anilines is 1. The number of nitrogens with zero attached hydrogens (tertiary/aromatic N) is 2. The summed E-state index contributed by atoms with van der Waals surface area (Å²) in [4.78, 5) is 15.1. The molecule has 0 spiro atoms. The Labute approximate surface area is 105 Å². The molecule has 18 heavy (non-hydrogen) atoms. The van der Waals surface area contributed by atoms with Crippen molar-refractivity contribution in [2.24, 2.45) is 11.8 Å². The average molecular weight is 245 g/mol. The van der Waals surface area contributed by atoms with Gasteiger partial charge in [0.1, 0.15) is 5.82 Å². The first-order valence-corrected chi connectivity index (χ1v) is 6.03. The summed E-state index contributed by atoms with van der Waals surface area (Å²) in [6.07, 6.45) is 4.23. The number of aliphatic carboxylic acids is 1. The van der Waals surface area contributed by atoms with E-state index in [1.165, 1.54) is 0 Å². The highest BCUT2D eigenvalue weighted by atomic mass is 16.4. The monoisotopic (exact) mass is 245 g/mol. The minimum absolute atomic E-state index is 0.148. The van der Waals surface area contributed by atoms with Crippen molar-refractivity contribution in [3.63, 3.8) is 0 Å². The van der Waals surface area contributed by atoms with Crippen LogP contribution in [0.5, 0.6) is 0 Å².